The molecule has 0 bridgehead atoms. The fourth-order valence-corrected chi connectivity index (χ4v) is 5.10. The minimum absolute atomic E-state index is 0.161. The summed E-state index contributed by atoms with van der Waals surface area (Å²) in [6.07, 6.45) is 4.13. The molecule has 2 aromatic rings. The maximum Gasteiger partial charge on any atom is 0.233 e. The number of aromatic nitrogens is 3. The van der Waals surface area contributed by atoms with Crippen LogP contribution in [0.2, 0.25) is 0 Å². The van der Waals surface area contributed by atoms with E-state index < -0.39 is 0 Å². The Labute approximate surface area is 194 Å². The van der Waals surface area contributed by atoms with E-state index >= 15 is 0 Å². The highest BCUT2D eigenvalue weighted by molar-refractivity contribution is 7.99. The summed E-state index contributed by atoms with van der Waals surface area (Å²) in [6.45, 7) is 5.61. The van der Waals surface area contributed by atoms with Gasteiger partial charge in [0.1, 0.15) is 0 Å². The second-order valence-electron chi connectivity index (χ2n) is 8.09. The van der Waals surface area contributed by atoms with E-state index in [1.165, 1.54) is 18.2 Å². The molecule has 3 rings (SSSR count). The van der Waals surface area contributed by atoms with Crippen molar-refractivity contribution in [3.05, 3.63) is 18.2 Å². The molecule has 176 valence electrons. The third-order valence-electron chi connectivity index (χ3n) is 5.90. The second-order valence-corrected chi connectivity index (χ2v) is 9.04. The van der Waals surface area contributed by atoms with Gasteiger partial charge in [-0.15, -0.1) is 10.2 Å². The van der Waals surface area contributed by atoms with Crippen LogP contribution in [0.1, 0.15) is 39.5 Å². The van der Waals surface area contributed by atoms with Gasteiger partial charge in [-0.05, 0) is 57.7 Å². The number of carbonyl (C=O) groups excluding carboxylic acids is 1. The molecule has 0 radical (unpaired) electrons. The number of ether oxygens (including phenoxy) is 3. The molecule has 1 fully saturated rings. The standard InChI is InChI=1S/C23H34N4O4S/c1-16-8-6-9-17(2)27(16)21(28)15-32-23-25-24-22(26(23)12-7-13-29-3)18-10-11-19(30-4)20(14-18)31-5/h10-11,14,16-17H,6-9,12-13,15H2,1-5H3. The third-order valence-corrected chi connectivity index (χ3v) is 6.85. The summed E-state index contributed by atoms with van der Waals surface area (Å²) in [5.41, 5.74) is 0.879. The first-order valence-electron chi connectivity index (χ1n) is 11.1. The van der Waals surface area contributed by atoms with Crippen molar-refractivity contribution in [3.8, 4) is 22.9 Å². The van der Waals surface area contributed by atoms with E-state index in [2.05, 4.69) is 28.6 Å². The summed E-state index contributed by atoms with van der Waals surface area (Å²) in [7, 11) is 4.91. The smallest absolute Gasteiger partial charge is 0.233 e. The van der Waals surface area contributed by atoms with Crippen LogP contribution in [0.15, 0.2) is 23.4 Å². The van der Waals surface area contributed by atoms with Gasteiger partial charge in [0.05, 0.1) is 20.0 Å². The van der Waals surface area contributed by atoms with Gasteiger partial charge in [0.2, 0.25) is 5.91 Å². The van der Waals surface area contributed by atoms with Gasteiger partial charge in [-0.2, -0.15) is 0 Å². The Morgan fingerprint density at radius 3 is 2.47 bits per heavy atom. The normalized spacial score (nSPS) is 18.6. The second kappa shape index (κ2) is 11.6. The van der Waals surface area contributed by atoms with Gasteiger partial charge in [0.15, 0.2) is 22.5 Å². The number of amides is 1. The van der Waals surface area contributed by atoms with Gasteiger partial charge in [0.25, 0.3) is 0 Å². The third kappa shape index (κ3) is 5.56. The zero-order valence-corrected chi connectivity index (χ0v) is 20.5. The fourth-order valence-electron chi connectivity index (χ4n) is 4.27. The molecule has 0 aliphatic carbocycles. The molecule has 2 unspecified atom stereocenters. The first-order valence-corrected chi connectivity index (χ1v) is 12.1. The van der Waals surface area contributed by atoms with Crippen LogP contribution in [-0.2, 0) is 16.1 Å². The van der Waals surface area contributed by atoms with Gasteiger partial charge in [-0.1, -0.05) is 11.8 Å². The summed E-state index contributed by atoms with van der Waals surface area (Å²) in [5, 5.41) is 9.60. The molecule has 0 N–H and O–H groups in total. The number of rotatable bonds is 10. The molecule has 8 nitrogen and oxygen atoms in total. The van der Waals surface area contributed by atoms with E-state index in [-0.39, 0.29) is 18.0 Å². The van der Waals surface area contributed by atoms with Gasteiger partial charge >= 0.3 is 0 Å². The number of benzene rings is 1. The lowest BCUT2D eigenvalue weighted by molar-refractivity contribution is -0.134. The maximum atomic E-state index is 13.0. The summed E-state index contributed by atoms with van der Waals surface area (Å²) in [5.74, 6) is 2.54. The number of hydrogen-bond donors (Lipinski definition) is 0. The molecule has 1 aromatic carbocycles. The topological polar surface area (TPSA) is 78.7 Å². The molecule has 1 aromatic heterocycles. The van der Waals surface area contributed by atoms with Crippen LogP contribution >= 0.6 is 11.8 Å². The highest BCUT2D eigenvalue weighted by atomic mass is 32.2. The lowest BCUT2D eigenvalue weighted by Crippen LogP contribution is -2.48. The predicted molar refractivity (Wildman–Crippen MR) is 125 cm³/mol. The zero-order valence-electron chi connectivity index (χ0n) is 19.7. The van der Waals surface area contributed by atoms with Crippen molar-refractivity contribution >= 4 is 17.7 Å². The average Bonchev–Trinajstić information content (AvgIpc) is 3.20. The largest absolute Gasteiger partial charge is 0.493 e. The van der Waals surface area contributed by atoms with Gasteiger partial charge in [-0.3, -0.25) is 4.79 Å². The number of nitrogens with zero attached hydrogens (tertiary/aromatic N) is 4. The average molecular weight is 463 g/mol. The van der Waals surface area contributed by atoms with Crippen LogP contribution in [0, 0.1) is 0 Å². The summed E-state index contributed by atoms with van der Waals surface area (Å²) in [4.78, 5) is 15.0. The van der Waals surface area contributed by atoms with Crippen molar-refractivity contribution in [3.63, 3.8) is 0 Å². The first-order chi connectivity index (χ1) is 15.5. The number of methoxy groups -OCH3 is 3. The number of piperidine rings is 1. The molecule has 2 atom stereocenters. The Bertz CT molecular complexity index is 894. The van der Waals surface area contributed by atoms with Crippen LogP contribution < -0.4 is 9.47 Å². The van der Waals surface area contributed by atoms with Crippen molar-refractivity contribution in [2.45, 2.75) is 63.3 Å². The van der Waals surface area contributed by atoms with Crippen molar-refractivity contribution in [1.82, 2.24) is 19.7 Å². The lowest BCUT2D eigenvalue weighted by atomic mass is 9.98. The zero-order chi connectivity index (χ0) is 23.1. The minimum Gasteiger partial charge on any atom is -0.493 e. The number of hydrogen-bond acceptors (Lipinski definition) is 7. The molecule has 0 spiro atoms. The molecule has 1 aliphatic rings. The Kier molecular flexibility index (Phi) is 8.81. The number of likely N-dealkylation sites (tertiary alicyclic amines) is 1. The monoisotopic (exact) mass is 462 g/mol. The molecule has 0 saturated carbocycles. The van der Waals surface area contributed by atoms with Gasteiger partial charge < -0.3 is 23.7 Å². The molecule has 1 amide bonds. The summed E-state index contributed by atoms with van der Waals surface area (Å²) < 4.78 is 18.1. The number of thioether (sulfide) groups is 1. The lowest BCUT2D eigenvalue weighted by Gasteiger charge is -2.39. The highest BCUT2D eigenvalue weighted by Crippen LogP contribution is 2.33. The van der Waals surface area contributed by atoms with Crippen molar-refractivity contribution in [2.75, 3.05) is 33.7 Å². The van der Waals surface area contributed by atoms with Gasteiger partial charge in [-0.25, -0.2) is 0 Å². The summed E-state index contributed by atoms with van der Waals surface area (Å²) >= 11 is 1.45. The van der Waals surface area contributed by atoms with Crippen molar-refractivity contribution in [1.29, 1.82) is 0 Å². The van der Waals surface area contributed by atoms with Gasteiger partial charge in [0, 0.05) is 37.9 Å². The number of carbonyl (C=O) groups is 1. The van der Waals surface area contributed by atoms with Crippen molar-refractivity contribution < 1.29 is 19.0 Å². The van der Waals surface area contributed by atoms with Crippen LogP contribution in [-0.4, -0.2) is 71.3 Å². The van der Waals surface area contributed by atoms with Crippen LogP contribution in [0.5, 0.6) is 11.5 Å². The predicted octanol–water partition coefficient (Wildman–Crippen LogP) is 3.88. The fraction of sp³-hybridized carbons (Fsp3) is 0.609. The molecular weight excluding hydrogens is 428 g/mol. The summed E-state index contributed by atoms with van der Waals surface area (Å²) in [6, 6.07) is 6.27. The maximum absolute atomic E-state index is 13.0. The van der Waals surface area contributed by atoms with Crippen LogP contribution in [0.25, 0.3) is 11.4 Å². The SMILES string of the molecule is COCCCn1c(SCC(=O)N2C(C)CCCC2C)nnc1-c1ccc(OC)c(OC)c1. The Hall–Kier alpha value is -2.26. The van der Waals surface area contributed by atoms with Crippen LogP contribution in [0.4, 0.5) is 0 Å². The quantitative estimate of drug-likeness (QED) is 0.392. The van der Waals surface area contributed by atoms with E-state index in [9.17, 15) is 4.79 Å². The molecule has 9 heteroatoms. The van der Waals surface area contributed by atoms with Crippen LogP contribution in [0.3, 0.4) is 0 Å². The minimum atomic E-state index is 0.161. The van der Waals surface area contributed by atoms with E-state index in [1.807, 2.05) is 23.1 Å². The molecule has 32 heavy (non-hydrogen) atoms. The molecule has 1 saturated heterocycles. The first kappa shape index (κ1) is 24.4. The van der Waals surface area contributed by atoms with Crippen molar-refractivity contribution in [2.24, 2.45) is 0 Å². The molecule has 2 heterocycles. The Morgan fingerprint density at radius 2 is 1.81 bits per heavy atom. The van der Waals surface area contributed by atoms with E-state index in [4.69, 9.17) is 14.2 Å². The Balaban J connectivity index is 1.82. The van der Waals surface area contributed by atoms with E-state index in [0.29, 0.717) is 30.4 Å². The highest BCUT2D eigenvalue weighted by Gasteiger charge is 2.29. The molecular formula is C23H34N4O4S. The molecule has 1 aliphatic heterocycles. The Morgan fingerprint density at radius 1 is 1.09 bits per heavy atom. The van der Waals surface area contributed by atoms with E-state index in [1.54, 1.807) is 21.3 Å². The van der Waals surface area contributed by atoms with E-state index in [0.717, 1.165) is 35.8 Å².